The maximum absolute atomic E-state index is 4.56. The summed E-state index contributed by atoms with van der Waals surface area (Å²) in [5, 5.41) is 23.0. The van der Waals surface area contributed by atoms with Gasteiger partial charge in [0.1, 0.15) is 0 Å². The van der Waals surface area contributed by atoms with E-state index < -0.39 is 0 Å². The number of hydrogen-bond acceptors (Lipinski definition) is 7. The molecule has 0 amide bonds. The highest BCUT2D eigenvalue weighted by Crippen LogP contribution is 2.24. The second kappa shape index (κ2) is 11.4. The zero-order chi connectivity index (χ0) is 23.0. The first-order valence-electron chi connectivity index (χ1n) is 12.0. The molecule has 4 aromatic rings. The first-order valence-corrected chi connectivity index (χ1v) is 13.0. The Morgan fingerprint density at radius 2 is 1.56 bits per heavy atom. The van der Waals surface area contributed by atoms with E-state index in [0.29, 0.717) is 5.82 Å². The van der Waals surface area contributed by atoms with Crippen molar-refractivity contribution in [1.29, 1.82) is 0 Å². The van der Waals surface area contributed by atoms with Crippen molar-refractivity contribution in [3.05, 3.63) is 66.5 Å². The molecule has 0 saturated carbocycles. The van der Waals surface area contributed by atoms with Gasteiger partial charge in [0.25, 0.3) is 0 Å². The Bertz CT molecular complexity index is 1150. The lowest BCUT2D eigenvalue weighted by molar-refractivity contribution is 0.319. The van der Waals surface area contributed by atoms with Gasteiger partial charge in [0.15, 0.2) is 11.0 Å². The maximum atomic E-state index is 4.56. The van der Waals surface area contributed by atoms with Crippen LogP contribution in [0.5, 0.6) is 0 Å². The summed E-state index contributed by atoms with van der Waals surface area (Å²) in [6, 6.07) is 20.4. The molecule has 0 radical (unpaired) electrons. The minimum Gasteiger partial charge on any atom is -0.296 e. The fourth-order valence-electron chi connectivity index (χ4n) is 4.21. The van der Waals surface area contributed by atoms with Crippen LogP contribution in [0.2, 0.25) is 0 Å². The molecule has 34 heavy (non-hydrogen) atoms. The summed E-state index contributed by atoms with van der Waals surface area (Å²) in [7, 11) is 0. The number of hydrogen-bond donors (Lipinski definition) is 0. The fraction of sp³-hybridized carbons (Fsp3) is 0.400. The molecule has 176 valence electrons. The minimum absolute atomic E-state index is 0.682. The molecule has 1 aliphatic heterocycles. The lowest BCUT2D eigenvalue weighted by Crippen LogP contribution is -2.21. The number of tetrazole rings is 1. The van der Waals surface area contributed by atoms with Crippen LogP contribution in [0.4, 0.5) is 0 Å². The van der Waals surface area contributed by atoms with Gasteiger partial charge in [-0.05, 0) is 56.1 Å². The molecule has 1 saturated heterocycles. The summed E-state index contributed by atoms with van der Waals surface area (Å²) in [6.07, 6.45) is 5.79. The van der Waals surface area contributed by atoms with Crippen molar-refractivity contribution < 1.29 is 0 Å². The molecule has 0 aliphatic carbocycles. The van der Waals surface area contributed by atoms with Gasteiger partial charge in [-0.25, -0.2) is 0 Å². The molecule has 8 nitrogen and oxygen atoms in total. The Morgan fingerprint density at radius 1 is 0.794 bits per heavy atom. The molecule has 2 aromatic heterocycles. The largest absolute Gasteiger partial charge is 0.296 e. The molecule has 0 atom stereocenters. The first-order chi connectivity index (χ1) is 16.9. The lowest BCUT2D eigenvalue weighted by Gasteiger charge is -2.16. The number of aryl methyl sites for hydroxylation is 1. The number of para-hydroxylation sites is 1. The van der Waals surface area contributed by atoms with E-state index in [1.54, 1.807) is 16.6 Å². The molecule has 0 bridgehead atoms. The molecule has 0 spiro atoms. The molecule has 1 fully saturated rings. The summed E-state index contributed by atoms with van der Waals surface area (Å²) in [6.45, 7) is 3.94. The highest BCUT2D eigenvalue weighted by atomic mass is 32.2. The predicted molar refractivity (Wildman–Crippen MR) is 134 cm³/mol. The van der Waals surface area contributed by atoms with Crippen LogP contribution < -0.4 is 0 Å². The van der Waals surface area contributed by atoms with E-state index in [4.69, 9.17) is 0 Å². The van der Waals surface area contributed by atoms with Gasteiger partial charge in [0.2, 0.25) is 5.82 Å². The molecule has 2 aromatic carbocycles. The first kappa shape index (κ1) is 22.7. The summed E-state index contributed by atoms with van der Waals surface area (Å²) in [4.78, 5) is 4.17. The summed E-state index contributed by atoms with van der Waals surface area (Å²) >= 11 is 1.79. The number of aromatic nitrogens is 7. The van der Waals surface area contributed by atoms with Crippen molar-refractivity contribution in [2.75, 3.05) is 18.8 Å². The smallest absolute Gasteiger partial charge is 0.204 e. The van der Waals surface area contributed by atoms with Crippen LogP contribution in [-0.2, 0) is 13.1 Å². The van der Waals surface area contributed by atoms with Crippen molar-refractivity contribution in [3.8, 4) is 17.1 Å². The molecular weight excluding hydrogens is 444 g/mol. The zero-order valence-corrected chi connectivity index (χ0v) is 20.1. The number of rotatable bonds is 11. The third-order valence-electron chi connectivity index (χ3n) is 6.00. The van der Waals surface area contributed by atoms with Gasteiger partial charge < -0.3 is 0 Å². The van der Waals surface area contributed by atoms with Crippen LogP contribution >= 0.6 is 11.8 Å². The van der Waals surface area contributed by atoms with Crippen molar-refractivity contribution in [3.63, 3.8) is 0 Å². The number of thioether (sulfide) groups is 1. The Labute approximate surface area is 204 Å². The van der Waals surface area contributed by atoms with Crippen LogP contribution in [-0.4, -0.2) is 58.7 Å². The van der Waals surface area contributed by atoms with Gasteiger partial charge in [-0.15, -0.1) is 20.4 Å². The summed E-state index contributed by atoms with van der Waals surface area (Å²) in [5.41, 5.74) is 2.13. The Kier molecular flexibility index (Phi) is 7.62. The van der Waals surface area contributed by atoms with E-state index in [1.165, 1.54) is 12.8 Å². The van der Waals surface area contributed by atoms with Crippen molar-refractivity contribution >= 4 is 11.8 Å². The zero-order valence-electron chi connectivity index (χ0n) is 19.3. The van der Waals surface area contributed by atoms with Crippen LogP contribution in [0.3, 0.4) is 0 Å². The minimum atomic E-state index is 0.682. The SMILES string of the molecule is c1ccc(-c2nnn(CCCCCSc3nnc(CN4CCCC4)n3-c3ccccc3)n2)cc1. The highest BCUT2D eigenvalue weighted by molar-refractivity contribution is 7.99. The predicted octanol–water partition coefficient (Wildman–Crippen LogP) is 4.48. The second-order valence-corrected chi connectivity index (χ2v) is 9.60. The van der Waals surface area contributed by atoms with Gasteiger partial charge in [-0.1, -0.05) is 66.7 Å². The fourth-order valence-corrected chi connectivity index (χ4v) is 5.18. The molecule has 9 heteroatoms. The van der Waals surface area contributed by atoms with E-state index in [9.17, 15) is 0 Å². The standard InChI is InChI=1S/C25H30N8S/c1-4-12-21(13-5-1)24-27-30-32(29-24)18-8-3-11-19-34-25-28-26-23(20-31-16-9-10-17-31)33(25)22-14-6-2-7-15-22/h1-2,4-7,12-15H,3,8-11,16-20H2. The second-order valence-electron chi connectivity index (χ2n) is 8.54. The molecule has 0 N–H and O–H groups in total. The van der Waals surface area contributed by atoms with Crippen LogP contribution in [0, 0.1) is 0 Å². The van der Waals surface area contributed by atoms with Gasteiger partial charge in [-0.3, -0.25) is 9.47 Å². The number of benzene rings is 2. The van der Waals surface area contributed by atoms with E-state index in [1.807, 2.05) is 36.4 Å². The normalized spacial score (nSPS) is 14.1. The van der Waals surface area contributed by atoms with Crippen molar-refractivity contribution in [1.82, 2.24) is 39.9 Å². The van der Waals surface area contributed by atoms with Gasteiger partial charge in [0, 0.05) is 17.0 Å². The molecule has 1 aliphatic rings. The lowest BCUT2D eigenvalue weighted by atomic mass is 10.2. The van der Waals surface area contributed by atoms with Crippen molar-refractivity contribution in [2.45, 2.75) is 50.4 Å². The topological polar surface area (TPSA) is 77.5 Å². The molecule has 0 unspecified atom stereocenters. The van der Waals surface area contributed by atoms with E-state index in [0.717, 1.165) is 73.4 Å². The molecule has 5 rings (SSSR count). The number of nitrogens with zero attached hydrogens (tertiary/aromatic N) is 8. The van der Waals surface area contributed by atoms with E-state index in [2.05, 4.69) is 59.3 Å². The van der Waals surface area contributed by atoms with Crippen molar-refractivity contribution in [2.24, 2.45) is 0 Å². The van der Waals surface area contributed by atoms with Crippen LogP contribution in [0.15, 0.2) is 65.8 Å². The third-order valence-corrected chi connectivity index (χ3v) is 7.01. The Morgan fingerprint density at radius 3 is 2.35 bits per heavy atom. The summed E-state index contributed by atoms with van der Waals surface area (Å²) in [5.74, 6) is 2.72. The maximum Gasteiger partial charge on any atom is 0.204 e. The molecular formula is C25H30N8S. The van der Waals surface area contributed by atoms with Crippen LogP contribution in [0.1, 0.15) is 37.9 Å². The average Bonchev–Trinajstić information content (AvgIpc) is 3.65. The van der Waals surface area contributed by atoms with Crippen LogP contribution in [0.25, 0.3) is 17.1 Å². The number of unbranched alkanes of at least 4 members (excludes halogenated alkanes) is 2. The summed E-state index contributed by atoms with van der Waals surface area (Å²) < 4.78 is 2.23. The van der Waals surface area contributed by atoms with E-state index in [-0.39, 0.29) is 0 Å². The highest BCUT2D eigenvalue weighted by Gasteiger charge is 2.19. The number of likely N-dealkylation sites (tertiary alicyclic amines) is 1. The van der Waals surface area contributed by atoms with Gasteiger partial charge in [-0.2, -0.15) is 4.80 Å². The van der Waals surface area contributed by atoms with E-state index >= 15 is 0 Å². The third kappa shape index (κ3) is 5.71. The average molecular weight is 475 g/mol. The van der Waals surface area contributed by atoms with Gasteiger partial charge in [0.05, 0.1) is 13.1 Å². The van der Waals surface area contributed by atoms with Gasteiger partial charge >= 0.3 is 0 Å². The Hall–Kier alpha value is -3.04. The monoisotopic (exact) mass is 474 g/mol. The molecule has 3 heterocycles. The Balaban J connectivity index is 1.12. The quantitative estimate of drug-likeness (QED) is 0.234.